The number of allylic oxidation sites excluding steroid dienone is 1. The molecule has 1 atom stereocenters. The SMILES string of the molecule is CCCCC/C=C\S(=O)c1ccccc1. The minimum atomic E-state index is -0.969. The number of hydrogen-bond acceptors (Lipinski definition) is 1. The lowest BCUT2D eigenvalue weighted by molar-refractivity contribution is 0.688. The van der Waals surface area contributed by atoms with E-state index in [2.05, 4.69) is 6.92 Å². The molecule has 1 aromatic carbocycles. The lowest BCUT2D eigenvalue weighted by atomic mass is 10.2. The van der Waals surface area contributed by atoms with Crippen molar-refractivity contribution in [2.45, 2.75) is 37.5 Å². The van der Waals surface area contributed by atoms with E-state index in [9.17, 15) is 4.21 Å². The molecule has 15 heavy (non-hydrogen) atoms. The summed E-state index contributed by atoms with van der Waals surface area (Å²) >= 11 is 0. The van der Waals surface area contributed by atoms with Crippen molar-refractivity contribution in [2.24, 2.45) is 0 Å². The summed E-state index contributed by atoms with van der Waals surface area (Å²) in [6, 6.07) is 9.56. The van der Waals surface area contributed by atoms with Crippen molar-refractivity contribution in [3.8, 4) is 0 Å². The van der Waals surface area contributed by atoms with E-state index in [1.165, 1.54) is 19.3 Å². The summed E-state index contributed by atoms with van der Waals surface area (Å²) in [7, 11) is -0.969. The molecule has 0 aromatic heterocycles. The van der Waals surface area contributed by atoms with Gasteiger partial charge in [-0.1, -0.05) is 44.0 Å². The average molecular weight is 222 g/mol. The van der Waals surface area contributed by atoms with E-state index in [1.807, 2.05) is 36.4 Å². The molecule has 0 aliphatic carbocycles. The zero-order valence-electron chi connectivity index (χ0n) is 9.19. The quantitative estimate of drug-likeness (QED) is 0.667. The minimum Gasteiger partial charge on any atom is -0.250 e. The van der Waals surface area contributed by atoms with E-state index in [0.29, 0.717) is 0 Å². The van der Waals surface area contributed by atoms with E-state index < -0.39 is 10.8 Å². The normalized spacial score (nSPS) is 13.1. The number of rotatable bonds is 6. The van der Waals surface area contributed by atoms with Crippen LogP contribution < -0.4 is 0 Å². The first kappa shape index (κ1) is 12.2. The van der Waals surface area contributed by atoms with Gasteiger partial charge in [-0.25, -0.2) is 4.21 Å². The third-order valence-corrected chi connectivity index (χ3v) is 3.35. The van der Waals surface area contributed by atoms with Gasteiger partial charge in [0.25, 0.3) is 0 Å². The summed E-state index contributed by atoms with van der Waals surface area (Å²) < 4.78 is 11.7. The Hall–Kier alpha value is -0.890. The van der Waals surface area contributed by atoms with Crippen LogP contribution in [0, 0.1) is 0 Å². The van der Waals surface area contributed by atoms with Crippen molar-refractivity contribution in [3.05, 3.63) is 41.8 Å². The van der Waals surface area contributed by atoms with E-state index in [4.69, 9.17) is 0 Å². The Morgan fingerprint density at radius 2 is 1.93 bits per heavy atom. The highest BCUT2D eigenvalue weighted by Crippen LogP contribution is 2.07. The Kier molecular flexibility index (Phi) is 6.02. The molecule has 0 heterocycles. The Balaban J connectivity index is 2.36. The second-order valence-electron chi connectivity index (χ2n) is 3.48. The lowest BCUT2D eigenvalue weighted by Crippen LogP contribution is -1.84. The highest BCUT2D eigenvalue weighted by atomic mass is 32.2. The van der Waals surface area contributed by atoms with Crippen LogP contribution in [0.15, 0.2) is 46.7 Å². The van der Waals surface area contributed by atoms with Crippen LogP contribution in [0.4, 0.5) is 0 Å². The van der Waals surface area contributed by atoms with Gasteiger partial charge in [0.05, 0.1) is 10.8 Å². The van der Waals surface area contributed by atoms with Gasteiger partial charge in [-0.3, -0.25) is 0 Å². The van der Waals surface area contributed by atoms with Crippen LogP contribution in [0.25, 0.3) is 0 Å². The predicted octanol–water partition coefficient (Wildman–Crippen LogP) is 3.89. The van der Waals surface area contributed by atoms with Gasteiger partial charge in [0.2, 0.25) is 0 Å². The fourth-order valence-electron chi connectivity index (χ4n) is 1.30. The molecule has 0 N–H and O–H groups in total. The van der Waals surface area contributed by atoms with Crippen molar-refractivity contribution in [1.82, 2.24) is 0 Å². The van der Waals surface area contributed by atoms with Crippen LogP contribution in [-0.2, 0) is 10.8 Å². The summed E-state index contributed by atoms with van der Waals surface area (Å²) in [5.41, 5.74) is 0. The van der Waals surface area contributed by atoms with Crippen molar-refractivity contribution in [1.29, 1.82) is 0 Å². The molecule has 1 nitrogen and oxygen atoms in total. The molecule has 82 valence electrons. The summed E-state index contributed by atoms with van der Waals surface area (Å²) in [5, 5.41) is 1.80. The monoisotopic (exact) mass is 222 g/mol. The van der Waals surface area contributed by atoms with Crippen LogP contribution in [0.1, 0.15) is 32.6 Å². The smallest absolute Gasteiger partial charge is 0.0772 e. The molecule has 0 spiro atoms. The van der Waals surface area contributed by atoms with Gasteiger partial charge in [-0.05, 0) is 25.0 Å². The molecule has 0 fully saturated rings. The largest absolute Gasteiger partial charge is 0.250 e. The van der Waals surface area contributed by atoms with Crippen LogP contribution in [-0.4, -0.2) is 4.21 Å². The summed E-state index contributed by atoms with van der Waals surface area (Å²) in [5.74, 6) is 0. The fourth-order valence-corrected chi connectivity index (χ4v) is 2.19. The minimum absolute atomic E-state index is 0.879. The van der Waals surface area contributed by atoms with Crippen LogP contribution in [0.2, 0.25) is 0 Å². The second-order valence-corrected chi connectivity index (χ2v) is 4.82. The maximum atomic E-state index is 11.7. The van der Waals surface area contributed by atoms with E-state index in [-0.39, 0.29) is 0 Å². The Bertz CT molecular complexity index is 317. The van der Waals surface area contributed by atoms with E-state index in [0.717, 1.165) is 11.3 Å². The molecular weight excluding hydrogens is 204 g/mol. The Morgan fingerprint density at radius 1 is 1.20 bits per heavy atom. The zero-order chi connectivity index (χ0) is 10.9. The van der Waals surface area contributed by atoms with Crippen LogP contribution in [0.3, 0.4) is 0 Å². The first-order chi connectivity index (χ1) is 7.34. The first-order valence-corrected chi connectivity index (χ1v) is 6.68. The topological polar surface area (TPSA) is 17.1 Å². The number of unbranched alkanes of at least 4 members (excludes halogenated alkanes) is 3. The Morgan fingerprint density at radius 3 is 2.60 bits per heavy atom. The summed E-state index contributed by atoms with van der Waals surface area (Å²) in [6.07, 6.45) is 6.74. The predicted molar refractivity (Wildman–Crippen MR) is 66.1 cm³/mol. The number of benzene rings is 1. The second kappa shape index (κ2) is 7.41. The van der Waals surface area contributed by atoms with Crippen molar-refractivity contribution >= 4 is 10.8 Å². The molecule has 0 saturated heterocycles. The fraction of sp³-hybridized carbons (Fsp3) is 0.385. The van der Waals surface area contributed by atoms with E-state index in [1.54, 1.807) is 5.41 Å². The molecule has 1 unspecified atom stereocenters. The molecule has 0 bridgehead atoms. The third kappa shape index (κ3) is 4.93. The molecule has 0 aliphatic rings. The molecular formula is C13H18OS. The highest BCUT2D eigenvalue weighted by molar-refractivity contribution is 7.88. The van der Waals surface area contributed by atoms with E-state index >= 15 is 0 Å². The summed E-state index contributed by atoms with van der Waals surface area (Å²) in [6.45, 7) is 2.19. The van der Waals surface area contributed by atoms with Crippen molar-refractivity contribution < 1.29 is 4.21 Å². The van der Waals surface area contributed by atoms with Crippen LogP contribution >= 0.6 is 0 Å². The van der Waals surface area contributed by atoms with Gasteiger partial charge in [0, 0.05) is 10.3 Å². The van der Waals surface area contributed by atoms with Gasteiger partial charge in [-0.2, -0.15) is 0 Å². The van der Waals surface area contributed by atoms with Gasteiger partial charge in [0.1, 0.15) is 0 Å². The average Bonchev–Trinajstić information content (AvgIpc) is 2.30. The molecule has 2 heteroatoms. The van der Waals surface area contributed by atoms with Gasteiger partial charge < -0.3 is 0 Å². The van der Waals surface area contributed by atoms with Gasteiger partial charge in [0.15, 0.2) is 0 Å². The third-order valence-electron chi connectivity index (χ3n) is 2.17. The molecule has 1 aromatic rings. The standard InChI is InChI=1S/C13H18OS/c1-2-3-4-5-9-12-15(14)13-10-7-6-8-11-13/h6-12H,2-5H2,1H3/b12-9-. The molecule has 1 rings (SSSR count). The molecule has 0 radical (unpaired) electrons. The molecule has 0 aliphatic heterocycles. The molecule has 0 saturated carbocycles. The first-order valence-electron chi connectivity index (χ1n) is 5.47. The van der Waals surface area contributed by atoms with Crippen LogP contribution in [0.5, 0.6) is 0 Å². The lowest BCUT2D eigenvalue weighted by Gasteiger charge is -1.95. The van der Waals surface area contributed by atoms with Gasteiger partial charge in [-0.15, -0.1) is 0 Å². The Labute approximate surface area is 94.7 Å². The highest BCUT2D eigenvalue weighted by Gasteiger charge is 1.96. The number of hydrogen-bond donors (Lipinski definition) is 0. The maximum Gasteiger partial charge on any atom is 0.0772 e. The zero-order valence-corrected chi connectivity index (χ0v) is 10.0. The maximum absolute atomic E-state index is 11.7. The van der Waals surface area contributed by atoms with Crippen molar-refractivity contribution in [3.63, 3.8) is 0 Å². The van der Waals surface area contributed by atoms with Gasteiger partial charge >= 0.3 is 0 Å². The summed E-state index contributed by atoms with van der Waals surface area (Å²) in [4.78, 5) is 0.879. The van der Waals surface area contributed by atoms with Crippen molar-refractivity contribution in [2.75, 3.05) is 0 Å². The molecule has 0 amide bonds.